The first kappa shape index (κ1) is 7.69. The van der Waals surface area contributed by atoms with E-state index in [-0.39, 0.29) is 0 Å². The maximum Gasteiger partial charge on any atom is 0.0234 e. The van der Waals surface area contributed by atoms with Crippen LogP contribution < -0.4 is 0 Å². The van der Waals surface area contributed by atoms with Gasteiger partial charge in [-0.15, -0.1) is 0 Å². The molecule has 1 rings (SSSR count). The summed E-state index contributed by atoms with van der Waals surface area (Å²) in [5, 5.41) is 0. The number of halogens is 2. The van der Waals surface area contributed by atoms with Gasteiger partial charge in [-0.2, -0.15) is 0 Å². The molecule has 0 amide bonds. The molecule has 1 aromatic carbocycles. The summed E-state index contributed by atoms with van der Waals surface area (Å²) in [6, 6.07) is 8.06. The summed E-state index contributed by atoms with van der Waals surface area (Å²) in [4.78, 5) is 1.09. The molecule has 0 atom stereocenters. The first-order chi connectivity index (χ1) is 4.33. The van der Waals surface area contributed by atoms with E-state index < -0.39 is 0 Å². The summed E-state index contributed by atoms with van der Waals surface area (Å²) in [5.41, 5.74) is 0. The molecule has 0 bridgehead atoms. The molecule has 0 saturated heterocycles. The van der Waals surface area contributed by atoms with Crippen molar-refractivity contribution in [2.45, 2.75) is 4.90 Å². The molecule has 0 nitrogen and oxygen atoms in total. The van der Waals surface area contributed by atoms with E-state index in [1.165, 1.54) is 14.5 Å². The van der Waals surface area contributed by atoms with Gasteiger partial charge in [-0.1, -0.05) is 0 Å². The van der Waals surface area contributed by atoms with Gasteiger partial charge in [-0.05, 0) is 68.5 Å². The second kappa shape index (κ2) is 3.68. The quantitative estimate of drug-likeness (QED) is 0.704. The van der Waals surface area contributed by atoms with Crippen molar-refractivity contribution in [3.05, 3.63) is 27.8 Å². The third-order valence-corrected chi connectivity index (χ3v) is 2.61. The van der Waals surface area contributed by atoms with E-state index in [1.807, 2.05) is 24.3 Å². The van der Waals surface area contributed by atoms with Crippen molar-refractivity contribution in [1.82, 2.24) is 0 Å². The molecule has 0 aliphatic rings. The zero-order chi connectivity index (χ0) is 6.69. The third-order valence-electron chi connectivity index (χ3n) is 0.903. The molecule has 0 aliphatic carbocycles. The van der Waals surface area contributed by atoms with Crippen molar-refractivity contribution in [3.8, 4) is 0 Å². The maximum absolute atomic E-state index is 5.49. The molecule has 0 N–H and O–H groups in total. The predicted octanol–water partition coefficient (Wildman–Crippen LogP) is 3.54. The lowest BCUT2D eigenvalue weighted by Crippen LogP contribution is -1.67. The maximum atomic E-state index is 5.49. The molecule has 0 heterocycles. The summed E-state index contributed by atoms with van der Waals surface area (Å²) in [6.07, 6.45) is 0. The normalized spacial score (nSPS) is 9.56. The van der Waals surface area contributed by atoms with Crippen LogP contribution in [-0.4, -0.2) is 0 Å². The number of hydrogen-bond donors (Lipinski definition) is 0. The summed E-state index contributed by atoms with van der Waals surface area (Å²) in [6.45, 7) is 0. The Morgan fingerprint density at radius 1 is 1.22 bits per heavy atom. The third kappa shape index (κ3) is 2.35. The fourth-order valence-electron chi connectivity index (χ4n) is 0.486. The van der Waals surface area contributed by atoms with Crippen molar-refractivity contribution >= 4 is 44.2 Å². The van der Waals surface area contributed by atoms with Crippen LogP contribution in [0.5, 0.6) is 0 Å². The van der Waals surface area contributed by atoms with Gasteiger partial charge in [0.2, 0.25) is 0 Å². The summed E-state index contributed by atoms with van der Waals surface area (Å²) >= 11 is 2.26. The van der Waals surface area contributed by atoms with Crippen molar-refractivity contribution in [2.75, 3.05) is 0 Å². The Morgan fingerprint density at radius 2 is 1.78 bits per heavy atom. The van der Waals surface area contributed by atoms with E-state index >= 15 is 0 Å². The molecule has 9 heavy (non-hydrogen) atoms. The minimum atomic E-state index is 1.09. The van der Waals surface area contributed by atoms with Crippen LogP contribution in [0.25, 0.3) is 0 Å². The fourth-order valence-corrected chi connectivity index (χ4v) is 1.39. The van der Waals surface area contributed by atoms with E-state index in [0.29, 0.717) is 0 Å². The predicted molar refractivity (Wildman–Crippen MR) is 50.9 cm³/mol. The van der Waals surface area contributed by atoms with Crippen molar-refractivity contribution in [2.24, 2.45) is 0 Å². The van der Waals surface area contributed by atoms with Crippen LogP contribution >= 0.6 is 44.2 Å². The molecule has 0 saturated carbocycles. The Kier molecular flexibility index (Phi) is 3.15. The molecule has 3 heteroatoms. The average Bonchev–Trinajstić information content (AvgIpc) is 1.90. The number of rotatable bonds is 1. The van der Waals surface area contributed by atoms with Crippen LogP contribution in [-0.2, 0) is 0 Å². The van der Waals surface area contributed by atoms with Gasteiger partial charge in [0.1, 0.15) is 0 Å². The van der Waals surface area contributed by atoms with Gasteiger partial charge in [0.05, 0.1) is 0 Å². The Balaban J connectivity index is 2.88. The van der Waals surface area contributed by atoms with Crippen LogP contribution in [0.2, 0.25) is 0 Å². The van der Waals surface area contributed by atoms with Crippen LogP contribution in [0.4, 0.5) is 0 Å². The summed E-state index contributed by atoms with van der Waals surface area (Å²) in [7, 11) is 6.74. The lowest BCUT2D eigenvalue weighted by Gasteiger charge is -1.91. The fraction of sp³-hybridized carbons (Fsp3) is 0. The Hall–Kier alpha value is 0.590. The SMILES string of the molecule is ClSc1ccc(I)cc1. The van der Waals surface area contributed by atoms with Gasteiger partial charge >= 0.3 is 0 Å². The highest BCUT2D eigenvalue weighted by atomic mass is 127. The van der Waals surface area contributed by atoms with Gasteiger partial charge < -0.3 is 0 Å². The Labute approximate surface area is 76.6 Å². The van der Waals surface area contributed by atoms with Gasteiger partial charge in [0.15, 0.2) is 0 Å². The van der Waals surface area contributed by atoms with Gasteiger partial charge in [-0.3, -0.25) is 0 Å². The minimum absolute atomic E-state index is 1.09. The highest BCUT2D eigenvalue weighted by Gasteiger charge is 1.88. The molecule has 1 aromatic rings. The van der Waals surface area contributed by atoms with E-state index in [1.54, 1.807) is 0 Å². The van der Waals surface area contributed by atoms with Gasteiger partial charge in [-0.25, -0.2) is 0 Å². The molecule has 0 aromatic heterocycles. The zero-order valence-corrected chi connectivity index (χ0v) is 8.20. The molecule has 48 valence electrons. The first-order valence-electron chi connectivity index (χ1n) is 2.37. The first-order valence-corrected chi connectivity index (χ1v) is 5.09. The van der Waals surface area contributed by atoms with E-state index in [0.717, 1.165) is 4.90 Å². The van der Waals surface area contributed by atoms with E-state index in [2.05, 4.69) is 22.6 Å². The monoisotopic (exact) mass is 270 g/mol. The summed E-state index contributed by atoms with van der Waals surface area (Å²) in [5.74, 6) is 0. The molecule has 0 radical (unpaired) electrons. The average molecular weight is 271 g/mol. The van der Waals surface area contributed by atoms with Crippen molar-refractivity contribution in [1.29, 1.82) is 0 Å². The Bertz CT molecular complexity index is 185. The topological polar surface area (TPSA) is 0 Å². The smallest absolute Gasteiger partial charge is 0.0234 e. The largest absolute Gasteiger partial charge is 0.0477 e. The standard InChI is InChI=1S/C6H4ClIS/c7-9-6-3-1-5(8)2-4-6/h1-4H. The second-order valence-corrected chi connectivity index (χ2v) is 3.87. The van der Waals surface area contributed by atoms with Crippen LogP contribution in [0.1, 0.15) is 0 Å². The lowest BCUT2D eigenvalue weighted by molar-refractivity contribution is 1.45. The zero-order valence-electron chi connectivity index (χ0n) is 4.47. The molecule has 0 aliphatic heterocycles. The molecule has 0 fully saturated rings. The molecule has 0 spiro atoms. The van der Waals surface area contributed by atoms with Crippen molar-refractivity contribution in [3.63, 3.8) is 0 Å². The van der Waals surface area contributed by atoms with Crippen molar-refractivity contribution < 1.29 is 0 Å². The van der Waals surface area contributed by atoms with E-state index in [4.69, 9.17) is 10.7 Å². The Morgan fingerprint density at radius 3 is 2.22 bits per heavy atom. The molecule has 0 unspecified atom stereocenters. The number of benzene rings is 1. The lowest BCUT2D eigenvalue weighted by atomic mass is 10.4. The minimum Gasteiger partial charge on any atom is -0.0477 e. The molecular formula is C6H4ClIS. The second-order valence-electron chi connectivity index (χ2n) is 1.53. The summed E-state index contributed by atoms with van der Waals surface area (Å²) < 4.78 is 1.24. The van der Waals surface area contributed by atoms with Crippen LogP contribution in [0.3, 0.4) is 0 Å². The highest BCUT2D eigenvalue weighted by molar-refractivity contribution is 14.1. The van der Waals surface area contributed by atoms with Gasteiger partial charge in [0.25, 0.3) is 0 Å². The number of hydrogen-bond acceptors (Lipinski definition) is 1. The highest BCUT2D eigenvalue weighted by Crippen LogP contribution is 2.21. The molecular weight excluding hydrogens is 266 g/mol. The van der Waals surface area contributed by atoms with Crippen LogP contribution in [0, 0.1) is 3.57 Å². The van der Waals surface area contributed by atoms with Crippen LogP contribution in [0.15, 0.2) is 29.2 Å². The van der Waals surface area contributed by atoms with Gasteiger partial charge in [0, 0.05) is 8.47 Å². The van der Waals surface area contributed by atoms with E-state index in [9.17, 15) is 0 Å².